The zero-order chi connectivity index (χ0) is 18.9. The highest BCUT2D eigenvalue weighted by atomic mass is 19.4. The Kier molecular flexibility index (Phi) is 4.29. The van der Waals surface area contributed by atoms with Crippen LogP contribution in [0.25, 0.3) is 10.8 Å². The molecule has 2 amide bonds. The summed E-state index contributed by atoms with van der Waals surface area (Å²) in [5.41, 5.74) is -0.00538. The van der Waals surface area contributed by atoms with Crippen LogP contribution in [-0.4, -0.2) is 6.03 Å². The molecule has 3 rings (SSSR count). The quantitative estimate of drug-likeness (QED) is 0.685. The van der Waals surface area contributed by atoms with Crippen LogP contribution in [0.15, 0.2) is 63.2 Å². The third-order valence-corrected chi connectivity index (χ3v) is 3.59. The second kappa shape index (κ2) is 6.43. The number of benzene rings is 2. The number of carbonyl (C=O) groups is 1. The molecule has 0 bridgehead atoms. The third-order valence-electron chi connectivity index (χ3n) is 3.59. The van der Waals surface area contributed by atoms with Crippen LogP contribution in [0.4, 0.5) is 23.7 Å². The van der Waals surface area contributed by atoms with Crippen LogP contribution in [0.5, 0.6) is 0 Å². The van der Waals surface area contributed by atoms with E-state index in [4.69, 9.17) is 0 Å². The molecular formula is C17H10F3N3O3. The number of urea groups is 1. The number of hydrogen-bond acceptors (Lipinski definition) is 4. The Bertz CT molecular complexity index is 1080. The Morgan fingerprint density at radius 1 is 0.885 bits per heavy atom. The van der Waals surface area contributed by atoms with E-state index in [1.54, 1.807) is 12.1 Å². The maximum atomic E-state index is 12.5. The lowest BCUT2D eigenvalue weighted by molar-refractivity contribution is -0.137. The van der Waals surface area contributed by atoms with Crippen molar-refractivity contribution in [3.8, 4) is 0 Å². The van der Waals surface area contributed by atoms with Crippen molar-refractivity contribution in [3.05, 3.63) is 79.9 Å². The predicted molar refractivity (Wildman–Crippen MR) is 88.0 cm³/mol. The average molecular weight is 361 g/mol. The van der Waals surface area contributed by atoms with E-state index < -0.39 is 34.0 Å². The second-order valence-corrected chi connectivity index (χ2v) is 5.31. The van der Waals surface area contributed by atoms with Crippen LogP contribution in [0, 0.1) is 0 Å². The molecule has 132 valence electrons. The van der Waals surface area contributed by atoms with Crippen LogP contribution in [-0.2, 0) is 6.18 Å². The van der Waals surface area contributed by atoms with E-state index >= 15 is 0 Å². The maximum absolute atomic E-state index is 12.5. The lowest BCUT2D eigenvalue weighted by Crippen LogP contribution is -2.36. The molecule has 0 saturated carbocycles. The summed E-state index contributed by atoms with van der Waals surface area (Å²) in [6.45, 7) is 0. The van der Waals surface area contributed by atoms with Crippen LogP contribution in [0.3, 0.4) is 0 Å². The van der Waals surface area contributed by atoms with Gasteiger partial charge in [-0.15, -0.1) is 0 Å². The molecule has 0 aromatic heterocycles. The van der Waals surface area contributed by atoms with Crippen molar-refractivity contribution in [3.63, 3.8) is 0 Å². The largest absolute Gasteiger partial charge is 0.416 e. The number of hydrogen-bond donors (Lipinski definition) is 2. The molecule has 0 fully saturated rings. The SMILES string of the molecule is O=C(NN=c1c(=O)c2ccccc2c1=O)Nc1ccc(C(F)(F)F)cc1. The lowest BCUT2D eigenvalue weighted by Gasteiger charge is -2.08. The van der Waals surface area contributed by atoms with E-state index in [1.165, 1.54) is 12.1 Å². The molecule has 0 aliphatic carbocycles. The highest BCUT2D eigenvalue weighted by Gasteiger charge is 2.29. The van der Waals surface area contributed by atoms with Gasteiger partial charge in [-0.05, 0) is 24.3 Å². The summed E-state index contributed by atoms with van der Waals surface area (Å²) < 4.78 is 37.4. The first-order valence-corrected chi connectivity index (χ1v) is 7.28. The van der Waals surface area contributed by atoms with Crippen molar-refractivity contribution >= 4 is 22.5 Å². The summed E-state index contributed by atoms with van der Waals surface area (Å²) >= 11 is 0. The summed E-state index contributed by atoms with van der Waals surface area (Å²) in [6.07, 6.45) is -4.48. The van der Waals surface area contributed by atoms with Gasteiger partial charge in [0.1, 0.15) is 0 Å². The number of anilines is 1. The minimum atomic E-state index is -4.48. The van der Waals surface area contributed by atoms with Crippen molar-refractivity contribution in [1.82, 2.24) is 5.43 Å². The Hall–Kier alpha value is -3.49. The molecule has 0 spiro atoms. The number of carbonyl (C=O) groups excluding carboxylic acids is 1. The summed E-state index contributed by atoms with van der Waals surface area (Å²) in [5.74, 6) is 0. The molecule has 26 heavy (non-hydrogen) atoms. The Labute approximate surface area is 143 Å². The Morgan fingerprint density at radius 3 is 1.92 bits per heavy atom. The topological polar surface area (TPSA) is 87.6 Å². The van der Waals surface area contributed by atoms with E-state index in [1.807, 2.05) is 5.43 Å². The van der Waals surface area contributed by atoms with E-state index in [0.717, 1.165) is 24.3 Å². The van der Waals surface area contributed by atoms with Gasteiger partial charge in [0, 0.05) is 16.5 Å². The van der Waals surface area contributed by atoms with E-state index in [9.17, 15) is 27.6 Å². The van der Waals surface area contributed by atoms with Crippen molar-refractivity contribution in [2.75, 3.05) is 5.32 Å². The van der Waals surface area contributed by atoms with Gasteiger partial charge in [-0.2, -0.15) is 18.3 Å². The molecule has 3 aromatic rings. The van der Waals surface area contributed by atoms with Crippen LogP contribution in [0.2, 0.25) is 0 Å². The van der Waals surface area contributed by atoms with Crippen molar-refractivity contribution in [1.29, 1.82) is 0 Å². The number of nitrogens with zero attached hydrogens (tertiary/aromatic N) is 1. The van der Waals surface area contributed by atoms with E-state index in [2.05, 4.69) is 10.4 Å². The van der Waals surface area contributed by atoms with Gasteiger partial charge < -0.3 is 5.32 Å². The van der Waals surface area contributed by atoms with Gasteiger partial charge in [-0.3, -0.25) is 9.59 Å². The van der Waals surface area contributed by atoms with Crippen LogP contribution in [0.1, 0.15) is 5.56 Å². The first-order valence-electron chi connectivity index (χ1n) is 7.28. The van der Waals surface area contributed by atoms with Crippen molar-refractivity contribution in [2.45, 2.75) is 6.18 Å². The molecule has 0 unspecified atom stereocenters. The van der Waals surface area contributed by atoms with Gasteiger partial charge in [0.15, 0.2) is 5.36 Å². The summed E-state index contributed by atoms with van der Waals surface area (Å²) in [5, 5.41) is 5.73. The lowest BCUT2D eigenvalue weighted by atomic mass is 10.2. The fraction of sp³-hybridized carbons (Fsp3) is 0.0588. The van der Waals surface area contributed by atoms with Gasteiger partial charge in [-0.1, -0.05) is 24.3 Å². The summed E-state index contributed by atoms with van der Waals surface area (Å²) in [7, 11) is 0. The monoisotopic (exact) mass is 361 g/mol. The normalized spacial score (nSPS) is 11.3. The molecule has 0 saturated heterocycles. The number of amides is 2. The zero-order valence-electron chi connectivity index (χ0n) is 12.9. The first-order chi connectivity index (χ1) is 12.3. The Morgan fingerprint density at radius 2 is 1.42 bits per heavy atom. The summed E-state index contributed by atoms with van der Waals surface area (Å²) in [4.78, 5) is 35.9. The fourth-order valence-corrected chi connectivity index (χ4v) is 2.35. The molecule has 0 heterocycles. The van der Waals surface area contributed by atoms with Crippen molar-refractivity contribution in [2.24, 2.45) is 5.10 Å². The number of alkyl halides is 3. The molecule has 6 nitrogen and oxygen atoms in total. The average Bonchev–Trinajstić information content (AvgIpc) is 2.84. The van der Waals surface area contributed by atoms with Gasteiger partial charge >= 0.3 is 12.2 Å². The van der Waals surface area contributed by atoms with Crippen LogP contribution < -0.4 is 27.0 Å². The smallest absolute Gasteiger partial charge is 0.307 e. The molecule has 0 aliphatic heterocycles. The number of nitrogens with one attached hydrogen (secondary N) is 2. The van der Waals surface area contributed by atoms with Gasteiger partial charge in [0.25, 0.3) is 0 Å². The van der Waals surface area contributed by atoms with Gasteiger partial charge in [0.2, 0.25) is 10.9 Å². The summed E-state index contributed by atoms with van der Waals surface area (Å²) in [6, 6.07) is 8.98. The van der Waals surface area contributed by atoms with Crippen LogP contribution >= 0.6 is 0 Å². The van der Waals surface area contributed by atoms with Crippen molar-refractivity contribution < 1.29 is 18.0 Å². The fourth-order valence-electron chi connectivity index (χ4n) is 2.35. The highest BCUT2D eigenvalue weighted by Crippen LogP contribution is 2.29. The standard InChI is InChI=1S/C17H10F3N3O3/c18-17(19,20)9-5-7-10(8-6-9)21-16(26)23-22-13-14(24)11-3-1-2-4-12(11)15(13)25/h1-8H,(H2,21,23,26). The first kappa shape index (κ1) is 17.3. The second-order valence-electron chi connectivity index (χ2n) is 5.31. The molecule has 2 N–H and O–H groups in total. The maximum Gasteiger partial charge on any atom is 0.416 e. The molecule has 0 atom stereocenters. The number of fused-ring (bicyclic) bond motifs is 1. The third kappa shape index (κ3) is 3.32. The number of halogens is 3. The zero-order valence-corrected chi connectivity index (χ0v) is 12.9. The minimum absolute atomic E-state index is 0.0862. The molecule has 0 aliphatic rings. The van der Waals surface area contributed by atoms with Gasteiger partial charge in [0.05, 0.1) is 5.56 Å². The molecule has 0 radical (unpaired) electrons. The molecular weight excluding hydrogens is 351 g/mol. The van der Waals surface area contributed by atoms with E-state index in [-0.39, 0.29) is 16.5 Å². The van der Waals surface area contributed by atoms with Gasteiger partial charge in [-0.25, -0.2) is 10.2 Å². The highest BCUT2D eigenvalue weighted by molar-refractivity contribution is 5.89. The number of rotatable bonds is 2. The van der Waals surface area contributed by atoms with E-state index in [0.29, 0.717) is 0 Å². The molecule has 3 aromatic carbocycles. The Balaban J connectivity index is 1.78. The predicted octanol–water partition coefficient (Wildman–Crippen LogP) is 2.09. The minimum Gasteiger partial charge on any atom is -0.307 e. The molecule has 9 heteroatoms.